The van der Waals surface area contributed by atoms with E-state index in [2.05, 4.69) is 15.3 Å². The largest absolute Gasteiger partial charge is 0.348 e. The first-order chi connectivity index (χ1) is 12.5. The number of hydrogen-bond donors (Lipinski definition) is 3. The van der Waals surface area contributed by atoms with Crippen LogP contribution in [0.3, 0.4) is 0 Å². The molecule has 3 heterocycles. The van der Waals surface area contributed by atoms with Crippen LogP contribution in [0.1, 0.15) is 31.6 Å². The van der Waals surface area contributed by atoms with Crippen LogP contribution in [0.4, 0.5) is 0 Å². The number of H-pyrrole nitrogens is 1. The molecule has 1 amide bonds. The first-order valence-corrected chi connectivity index (χ1v) is 10.5. The molecule has 8 heteroatoms. The van der Waals surface area contributed by atoms with Crippen molar-refractivity contribution in [3.05, 3.63) is 39.1 Å². The second-order valence-electron chi connectivity index (χ2n) is 6.84. The zero-order valence-electron chi connectivity index (χ0n) is 14.7. The fraction of sp³-hybridized carbons (Fsp3) is 0.389. The summed E-state index contributed by atoms with van der Waals surface area (Å²) < 4.78 is 0. The molecule has 0 radical (unpaired) electrons. The molecule has 2 atom stereocenters. The fourth-order valence-electron chi connectivity index (χ4n) is 2.93. The summed E-state index contributed by atoms with van der Waals surface area (Å²) in [6.45, 7) is 2.35. The van der Waals surface area contributed by atoms with Crippen LogP contribution < -0.4 is 15.8 Å². The Kier molecular flexibility index (Phi) is 4.64. The molecule has 3 aromatic heterocycles. The van der Waals surface area contributed by atoms with Crippen LogP contribution in [-0.4, -0.2) is 35.5 Å². The standard InChI is InChI=1S/C18H20N4O2S2/c1-10(22(2)8-14(23)19-11-5-6-11)16-20-17(24)15-12(9-26-18(15)21-16)13-4-3-7-25-13/h3-4,7,9-11H,5-6,8H2,1-2H3,(H,19,23)(H,20,21,24)/p+1/t10-/m1/s1. The number of thiophene rings is 2. The van der Waals surface area contributed by atoms with Crippen molar-refractivity contribution in [2.75, 3.05) is 13.6 Å². The molecule has 1 unspecified atom stereocenters. The number of carbonyl (C=O) groups is 1. The third-order valence-corrected chi connectivity index (χ3v) is 6.56. The van der Waals surface area contributed by atoms with Gasteiger partial charge >= 0.3 is 0 Å². The molecule has 26 heavy (non-hydrogen) atoms. The molecule has 0 bridgehead atoms. The van der Waals surface area contributed by atoms with E-state index in [0.717, 1.165) is 33.0 Å². The normalized spacial score (nSPS) is 16.5. The molecular weight excluding hydrogens is 368 g/mol. The molecule has 1 saturated carbocycles. The van der Waals surface area contributed by atoms with Crippen molar-refractivity contribution in [3.8, 4) is 10.4 Å². The van der Waals surface area contributed by atoms with E-state index in [1.807, 2.05) is 36.9 Å². The third kappa shape index (κ3) is 3.44. The van der Waals surface area contributed by atoms with Crippen molar-refractivity contribution in [2.24, 2.45) is 0 Å². The SMILES string of the molecule is C[C@H](c1nc2scc(-c3cccs3)c2c(=O)[nH]1)[NH+](C)CC(=O)NC1CC1. The Balaban J connectivity index is 1.58. The number of hydrogen-bond acceptors (Lipinski definition) is 5. The number of aromatic amines is 1. The number of carbonyl (C=O) groups excluding carboxylic acids is 1. The van der Waals surface area contributed by atoms with Gasteiger partial charge in [-0.05, 0) is 31.2 Å². The summed E-state index contributed by atoms with van der Waals surface area (Å²) in [4.78, 5) is 35.2. The maximum absolute atomic E-state index is 12.7. The van der Waals surface area contributed by atoms with Gasteiger partial charge in [-0.2, -0.15) is 0 Å². The third-order valence-electron chi connectivity index (χ3n) is 4.78. The van der Waals surface area contributed by atoms with Gasteiger partial charge in [0.25, 0.3) is 11.5 Å². The van der Waals surface area contributed by atoms with E-state index in [0.29, 0.717) is 23.8 Å². The molecule has 0 aromatic carbocycles. The van der Waals surface area contributed by atoms with Crippen molar-refractivity contribution in [1.82, 2.24) is 15.3 Å². The molecule has 1 aliphatic rings. The van der Waals surface area contributed by atoms with Gasteiger partial charge < -0.3 is 15.2 Å². The van der Waals surface area contributed by atoms with Gasteiger partial charge in [0.2, 0.25) is 0 Å². The summed E-state index contributed by atoms with van der Waals surface area (Å²) in [7, 11) is 1.95. The lowest BCUT2D eigenvalue weighted by Gasteiger charge is -2.20. The second-order valence-corrected chi connectivity index (χ2v) is 8.65. The highest BCUT2D eigenvalue weighted by molar-refractivity contribution is 7.18. The molecule has 1 aliphatic carbocycles. The number of quaternary nitrogens is 1. The number of likely N-dealkylation sites (N-methyl/N-ethyl adjacent to an activating group) is 1. The van der Waals surface area contributed by atoms with E-state index < -0.39 is 0 Å². The van der Waals surface area contributed by atoms with E-state index in [1.54, 1.807) is 11.3 Å². The average molecular weight is 390 g/mol. The Bertz CT molecular complexity index is 988. The van der Waals surface area contributed by atoms with Crippen molar-refractivity contribution in [2.45, 2.75) is 31.8 Å². The van der Waals surface area contributed by atoms with Gasteiger partial charge in [0, 0.05) is 21.9 Å². The zero-order valence-corrected chi connectivity index (χ0v) is 16.3. The molecule has 0 spiro atoms. The summed E-state index contributed by atoms with van der Waals surface area (Å²) in [6, 6.07) is 4.27. The molecule has 3 aromatic rings. The lowest BCUT2D eigenvalue weighted by atomic mass is 10.2. The Labute approximate surface area is 158 Å². The molecular formula is C18H21N4O2S2+. The minimum absolute atomic E-state index is 0.0522. The maximum atomic E-state index is 12.7. The summed E-state index contributed by atoms with van der Waals surface area (Å²) >= 11 is 3.10. The van der Waals surface area contributed by atoms with E-state index in [-0.39, 0.29) is 17.5 Å². The molecule has 4 rings (SSSR count). The molecule has 136 valence electrons. The van der Waals surface area contributed by atoms with Crippen molar-refractivity contribution in [1.29, 1.82) is 0 Å². The molecule has 0 saturated heterocycles. The number of rotatable bonds is 6. The quantitative estimate of drug-likeness (QED) is 0.599. The summed E-state index contributed by atoms with van der Waals surface area (Å²) in [5.74, 6) is 0.676. The molecule has 1 fully saturated rings. The first-order valence-electron chi connectivity index (χ1n) is 8.70. The van der Waals surface area contributed by atoms with Crippen molar-refractivity contribution in [3.63, 3.8) is 0 Å². The van der Waals surface area contributed by atoms with Crippen LogP contribution >= 0.6 is 22.7 Å². The summed E-state index contributed by atoms with van der Waals surface area (Å²) in [6.07, 6.45) is 2.16. The molecule has 6 nitrogen and oxygen atoms in total. The van der Waals surface area contributed by atoms with Gasteiger partial charge in [0.05, 0.1) is 12.4 Å². The van der Waals surface area contributed by atoms with Gasteiger partial charge in [-0.25, -0.2) is 4.98 Å². The highest BCUT2D eigenvalue weighted by Crippen LogP contribution is 2.33. The number of amides is 1. The number of aromatic nitrogens is 2. The Morgan fingerprint density at radius 1 is 1.46 bits per heavy atom. The Morgan fingerprint density at radius 3 is 2.96 bits per heavy atom. The summed E-state index contributed by atoms with van der Waals surface area (Å²) in [5, 5.41) is 7.65. The number of nitrogens with one attached hydrogen (secondary N) is 3. The fourth-order valence-corrected chi connectivity index (χ4v) is 4.70. The van der Waals surface area contributed by atoms with Crippen LogP contribution in [0.15, 0.2) is 27.7 Å². The van der Waals surface area contributed by atoms with Crippen LogP contribution in [0, 0.1) is 0 Å². The first kappa shape index (κ1) is 17.4. The predicted octanol–water partition coefficient (Wildman–Crippen LogP) is 1.57. The van der Waals surface area contributed by atoms with Crippen LogP contribution in [0.2, 0.25) is 0 Å². The topological polar surface area (TPSA) is 79.3 Å². The Hall–Kier alpha value is -2.03. The van der Waals surface area contributed by atoms with E-state index in [1.165, 1.54) is 11.3 Å². The van der Waals surface area contributed by atoms with Crippen LogP contribution in [-0.2, 0) is 4.79 Å². The summed E-state index contributed by atoms with van der Waals surface area (Å²) in [5.41, 5.74) is 0.828. The van der Waals surface area contributed by atoms with Gasteiger partial charge in [0.15, 0.2) is 12.4 Å². The van der Waals surface area contributed by atoms with Crippen LogP contribution in [0.5, 0.6) is 0 Å². The molecule has 3 N–H and O–H groups in total. The lowest BCUT2D eigenvalue weighted by molar-refractivity contribution is -0.903. The maximum Gasteiger partial charge on any atom is 0.275 e. The smallest absolute Gasteiger partial charge is 0.275 e. The van der Waals surface area contributed by atoms with Crippen molar-refractivity contribution < 1.29 is 9.69 Å². The van der Waals surface area contributed by atoms with Gasteiger partial charge in [-0.1, -0.05) is 6.07 Å². The number of fused-ring (bicyclic) bond motifs is 1. The van der Waals surface area contributed by atoms with Crippen molar-refractivity contribution >= 4 is 38.8 Å². The average Bonchev–Trinajstić information content (AvgIpc) is 3.10. The molecule has 0 aliphatic heterocycles. The minimum atomic E-state index is -0.114. The second kappa shape index (κ2) is 6.94. The highest BCUT2D eigenvalue weighted by atomic mass is 32.1. The predicted molar refractivity (Wildman–Crippen MR) is 105 cm³/mol. The lowest BCUT2D eigenvalue weighted by Crippen LogP contribution is -3.10. The van der Waals surface area contributed by atoms with E-state index in [9.17, 15) is 9.59 Å². The van der Waals surface area contributed by atoms with Gasteiger partial charge in [0.1, 0.15) is 10.9 Å². The minimum Gasteiger partial charge on any atom is -0.348 e. The van der Waals surface area contributed by atoms with E-state index in [4.69, 9.17) is 0 Å². The Morgan fingerprint density at radius 2 is 2.27 bits per heavy atom. The van der Waals surface area contributed by atoms with E-state index >= 15 is 0 Å². The number of nitrogens with zero attached hydrogens (tertiary/aromatic N) is 1. The van der Waals surface area contributed by atoms with Gasteiger partial charge in [-0.3, -0.25) is 9.59 Å². The zero-order chi connectivity index (χ0) is 18.3. The highest BCUT2D eigenvalue weighted by Gasteiger charge is 2.27. The van der Waals surface area contributed by atoms with Crippen LogP contribution in [0.25, 0.3) is 20.7 Å². The van der Waals surface area contributed by atoms with Gasteiger partial charge in [-0.15, -0.1) is 22.7 Å². The monoisotopic (exact) mass is 389 g/mol.